The van der Waals surface area contributed by atoms with Crippen molar-refractivity contribution in [2.45, 2.75) is 13.0 Å². The summed E-state index contributed by atoms with van der Waals surface area (Å²) >= 11 is 1.10. The number of benzene rings is 2. The molecule has 2 heterocycles. The molecule has 0 radical (unpaired) electrons. The molecule has 1 atom stereocenters. The van der Waals surface area contributed by atoms with Gasteiger partial charge in [0.15, 0.2) is 4.80 Å². The van der Waals surface area contributed by atoms with Crippen molar-refractivity contribution in [1.82, 2.24) is 4.57 Å². The van der Waals surface area contributed by atoms with Crippen LogP contribution in [0.1, 0.15) is 24.1 Å². The normalized spacial score (nSPS) is 15.6. The monoisotopic (exact) mass is 465 g/mol. The van der Waals surface area contributed by atoms with Crippen LogP contribution < -0.4 is 19.6 Å². The van der Waals surface area contributed by atoms with E-state index in [1.807, 2.05) is 0 Å². The highest BCUT2D eigenvalue weighted by Crippen LogP contribution is 2.31. The first-order valence-corrected chi connectivity index (χ1v) is 10.7. The molecule has 1 aliphatic rings. The predicted octanol–water partition coefficient (Wildman–Crippen LogP) is 2.33. The molecule has 0 bridgehead atoms. The molecule has 0 aliphatic carbocycles. The summed E-state index contributed by atoms with van der Waals surface area (Å²) in [5, 5.41) is 11.4. The Kier molecular flexibility index (Phi) is 5.93. The van der Waals surface area contributed by atoms with E-state index >= 15 is 0 Å². The van der Waals surface area contributed by atoms with Crippen LogP contribution in [0.4, 0.5) is 5.69 Å². The van der Waals surface area contributed by atoms with Crippen molar-refractivity contribution in [1.29, 1.82) is 0 Å². The molecule has 0 saturated carbocycles. The molecule has 0 unspecified atom stereocenters. The fourth-order valence-electron chi connectivity index (χ4n) is 3.71. The lowest BCUT2D eigenvalue weighted by Gasteiger charge is -2.24. The zero-order valence-corrected chi connectivity index (χ0v) is 18.8. The van der Waals surface area contributed by atoms with E-state index in [1.165, 1.54) is 23.8 Å². The molecule has 1 aliphatic heterocycles. The van der Waals surface area contributed by atoms with E-state index in [0.717, 1.165) is 11.3 Å². The maximum Gasteiger partial charge on any atom is 0.338 e. The second-order valence-electron chi connectivity index (χ2n) is 7.16. The van der Waals surface area contributed by atoms with Gasteiger partial charge in [-0.1, -0.05) is 35.6 Å². The van der Waals surface area contributed by atoms with E-state index in [4.69, 9.17) is 9.47 Å². The molecule has 168 valence electrons. The molecule has 0 saturated heterocycles. The van der Waals surface area contributed by atoms with Crippen LogP contribution in [-0.4, -0.2) is 29.7 Å². The average Bonchev–Trinajstić information content (AvgIpc) is 3.12. The standard InChI is InChI=1S/C23H19N3O6S/c1-13-19(22(28)32-3)20(14-8-10-16(31-2)11-9-14)25-21(27)18(33-23(25)24-13)12-15-6-4-5-7-17(15)26(29)30/h4-12,20H,1-3H3/b18-12+/t20-/m1/s1. The summed E-state index contributed by atoms with van der Waals surface area (Å²) in [4.78, 5) is 41.9. The number of carbonyl (C=O) groups is 1. The van der Waals surface area contributed by atoms with Gasteiger partial charge in [-0.15, -0.1) is 0 Å². The highest BCUT2D eigenvalue weighted by Gasteiger charge is 2.33. The van der Waals surface area contributed by atoms with E-state index in [1.54, 1.807) is 56.5 Å². The summed E-state index contributed by atoms with van der Waals surface area (Å²) in [7, 11) is 2.82. The first-order chi connectivity index (χ1) is 15.8. The SMILES string of the molecule is COC(=O)C1=C(C)N=c2s/c(=C/c3ccccc3[N+](=O)[O-])c(=O)n2[C@@H]1c1ccc(OC)cc1. The smallest absolute Gasteiger partial charge is 0.338 e. The first-order valence-electron chi connectivity index (χ1n) is 9.84. The maximum atomic E-state index is 13.5. The molecule has 0 amide bonds. The van der Waals surface area contributed by atoms with Crippen LogP contribution in [0.15, 0.2) is 69.6 Å². The molecule has 3 aromatic rings. The summed E-state index contributed by atoms with van der Waals surface area (Å²) in [6.45, 7) is 1.68. The number of hydrogen-bond acceptors (Lipinski definition) is 8. The van der Waals surface area contributed by atoms with Gasteiger partial charge < -0.3 is 9.47 Å². The van der Waals surface area contributed by atoms with Gasteiger partial charge in [0.05, 0.1) is 46.6 Å². The molecule has 2 aromatic carbocycles. The Morgan fingerprint density at radius 1 is 1.18 bits per heavy atom. The van der Waals surface area contributed by atoms with Crippen molar-refractivity contribution in [2.75, 3.05) is 14.2 Å². The van der Waals surface area contributed by atoms with Crippen molar-refractivity contribution < 1.29 is 19.2 Å². The molecule has 0 fully saturated rings. The third-order valence-corrected chi connectivity index (χ3v) is 6.26. The van der Waals surface area contributed by atoms with Crippen molar-refractivity contribution in [3.05, 3.63) is 101 Å². The number of nitrogens with zero attached hydrogens (tertiary/aromatic N) is 3. The van der Waals surface area contributed by atoms with Gasteiger partial charge >= 0.3 is 5.97 Å². The number of hydrogen-bond donors (Lipinski definition) is 0. The zero-order valence-electron chi connectivity index (χ0n) is 18.0. The molecular formula is C23H19N3O6S. The summed E-state index contributed by atoms with van der Waals surface area (Å²) in [5.41, 5.74) is 1.13. The number of methoxy groups -OCH3 is 2. The van der Waals surface area contributed by atoms with Crippen molar-refractivity contribution in [2.24, 2.45) is 4.99 Å². The zero-order chi connectivity index (χ0) is 23.7. The molecule has 4 rings (SSSR count). The lowest BCUT2D eigenvalue weighted by molar-refractivity contribution is -0.385. The number of fused-ring (bicyclic) bond motifs is 1. The van der Waals surface area contributed by atoms with Gasteiger partial charge in [-0.25, -0.2) is 9.79 Å². The molecule has 33 heavy (non-hydrogen) atoms. The van der Waals surface area contributed by atoms with Gasteiger partial charge in [0.1, 0.15) is 5.75 Å². The predicted molar refractivity (Wildman–Crippen MR) is 122 cm³/mol. The minimum absolute atomic E-state index is 0.110. The third-order valence-electron chi connectivity index (χ3n) is 5.28. The fraction of sp³-hybridized carbons (Fsp3) is 0.174. The van der Waals surface area contributed by atoms with Crippen LogP contribution in [0, 0.1) is 10.1 Å². The number of aromatic nitrogens is 1. The average molecular weight is 465 g/mol. The van der Waals surface area contributed by atoms with Crippen molar-refractivity contribution in [3.63, 3.8) is 0 Å². The van der Waals surface area contributed by atoms with Gasteiger partial charge in [-0.05, 0) is 36.8 Å². The maximum absolute atomic E-state index is 13.5. The van der Waals surface area contributed by atoms with Gasteiger partial charge in [-0.2, -0.15) is 0 Å². The van der Waals surface area contributed by atoms with Gasteiger partial charge in [0, 0.05) is 6.07 Å². The minimum Gasteiger partial charge on any atom is -0.497 e. The summed E-state index contributed by atoms with van der Waals surface area (Å²) in [6, 6.07) is 12.4. The molecule has 1 aromatic heterocycles. The molecule has 10 heteroatoms. The Morgan fingerprint density at radius 2 is 1.88 bits per heavy atom. The van der Waals surface area contributed by atoms with Crippen LogP contribution in [0.3, 0.4) is 0 Å². The molecule has 0 spiro atoms. The van der Waals surface area contributed by atoms with Crippen molar-refractivity contribution >= 4 is 29.1 Å². The number of ether oxygens (including phenoxy) is 2. The number of esters is 1. The molecule has 9 nitrogen and oxygen atoms in total. The van der Waals surface area contributed by atoms with Crippen LogP contribution >= 0.6 is 11.3 Å². The lowest BCUT2D eigenvalue weighted by atomic mass is 9.96. The molecule has 0 N–H and O–H groups in total. The Morgan fingerprint density at radius 3 is 2.52 bits per heavy atom. The van der Waals surface area contributed by atoms with Crippen LogP contribution in [0.25, 0.3) is 6.08 Å². The number of nitro benzene ring substituents is 1. The van der Waals surface area contributed by atoms with Crippen molar-refractivity contribution in [3.8, 4) is 5.75 Å². The number of nitro groups is 1. The molecular weight excluding hydrogens is 446 g/mol. The van der Waals surface area contributed by atoms with E-state index in [9.17, 15) is 19.7 Å². The van der Waals surface area contributed by atoms with Gasteiger partial charge in [-0.3, -0.25) is 19.5 Å². The number of rotatable bonds is 5. The highest BCUT2D eigenvalue weighted by molar-refractivity contribution is 7.07. The second-order valence-corrected chi connectivity index (χ2v) is 8.17. The number of allylic oxidation sites excluding steroid dienone is 1. The fourth-order valence-corrected chi connectivity index (χ4v) is 4.75. The largest absolute Gasteiger partial charge is 0.497 e. The quantitative estimate of drug-likeness (QED) is 0.325. The minimum atomic E-state index is -0.771. The first kappa shape index (κ1) is 22.2. The van der Waals surface area contributed by atoms with Gasteiger partial charge in [0.2, 0.25) is 0 Å². The Labute approximate surface area is 191 Å². The number of para-hydroxylation sites is 1. The third kappa shape index (κ3) is 3.96. The van der Waals surface area contributed by atoms with E-state index in [2.05, 4.69) is 4.99 Å². The Balaban J connectivity index is 1.98. The Bertz CT molecular complexity index is 1470. The number of thiazole rings is 1. The second kappa shape index (κ2) is 8.83. The Hall–Kier alpha value is -4.05. The summed E-state index contributed by atoms with van der Waals surface area (Å²) in [5.74, 6) is 0.0351. The lowest BCUT2D eigenvalue weighted by Crippen LogP contribution is -2.39. The topological polar surface area (TPSA) is 113 Å². The van der Waals surface area contributed by atoms with Crippen LogP contribution in [-0.2, 0) is 9.53 Å². The van der Waals surface area contributed by atoms with Crippen LogP contribution in [0.5, 0.6) is 5.75 Å². The highest BCUT2D eigenvalue weighted by atomic mass is 32.1. The summed E-state index contributed by atoms with van der Waals surface area (Å²) < 4.78 is 11.9. The van der Waals surface area contributed by atoms with Gasteiger partial charge in [0.25, 0.3) is 11.2 Å². The number of carbonyl (C=O) groups excluding carboxylic acids is 1. The van der Waals surface area contributed by atoms with E-state index in [0.29, 0.717) is 27.4 Å². The van der Waals surface area contributed by atoms with E-state index in [-0.39, 0.29) is 15.8 Å². The van der Waals surface area contributed by atoms with E-state index < -0.39 is 22.5 Å². The summed E-state index contributed by atoms with van der Waals surface area (Å²) in [6.07, 6.45) is 1.48. The van der Waals surface area contributed by atoms with Crippen LogP contribution in [0.2, 0.25) is 0 Å².